The number of carbonyl (C=O) groups is 2. The van der Waals surface area contributed by atoms with Gasteiger partial charge < -0.3 is 4.74 Å². The molecular formula is C21H20N4O5S. The lowest BCUT2D eigenvalue weighted by Crippen LogP contribution is -2.31. The Kier molecular flexibility index (Phi) is 5.55. The third-order valence-electron chi connectivity index (χ3n) is 4.86. The molecule has 0 bridgehead atoms. The van der Waals surface area contributed by atoms with Gasteiger partial charge in [-0.05, 0) is 24.6 Å². The van der Waals surface area contributed by atoms with Crippen molar-refractivity contribution in [3.8, 4) is 0 Å². The fourth-order valence-corrected chi connectivity index (χ4v) is 4.51. The molecule has 1 amide bonds. The lowest BCUT2D eigenvalue weighted by atomic mass is 10.1. The van der Waals surface area contributed by atoms with Crippen molar-refractivity contribution in [1.29, 1.82) is 0 Å². The molecule has 0 aliphatic carbocycles. The second-order valence-electron chi connectivity index (χ2n) is 7.04. The van der Waals surface area contributed by atoms with Gasteiger partial charge in [-0.1, -0.05) is 42.5 Å². The second-order valence-corrected chi connectivity index (χ2v) is 8.69. The van der Waals surface area contributed by atoms with Crippen LogP contribution < -0.4 is 4.72 Å². The molecule has 2 aliphatic heterocycles. The molecule has 0 saturated carbocycles. The lowest BCUT2D eigenvalue weighted by molar-refractivity contribution is -0.152. The van der Waals surface area contributed by atoms with Gasteiger partial charge in [-0.15, -0.1) is 0 Å². The second kappa shape index (κ2) is 8.31. The van der Waals surface area contributed by atoms with Crippen LogP contribution in [-0.4, -0.2) is 56.0 Å². The molecule has 2 aromatic carbocycles. The molecule has 4 rings (SSSR count). The summed E-state index contributed by atoms with van der Waals surface area (Å²) in [5.74, 6) is -1.11. The quantitative estimate of drug-likeness (QED) is 0.703. The maximum atomic E-state index is 12.4. The highest BCUT2D eigenvalue weighted by Gasteiger charge is 2.31. The molecule has 1 atom stereocenters. The molecule has 0 radical (unpaired) electrons. The molecule has 9 nitrogen and oxygen atoms in total. The van der Waals surface area contributed by atoms with Gasteiger partial charge >= 0.3 is 5.97 Å². The zero-order chi connectivity index (χ0) is 22.0. The number of carbonyl (C=O) groups excluding carboxylic acids is 2. The van der Waals surface area contributed by atoms with E-state index in [0.717, 1.165) is 11.3 Å². The van der Waals surface area contributed by atoms with Gasteiger partial charge in [-0.2, -0.15) is 5.10 Å². The number of sulfonamides is 1. The average Bonchev–Trinajstić information content (AvgIpc) is 3.36. The van der Waals surface area contributed by atoms with E-state index in [4.69, 9.17) is 4.74 Å². The number of rotatable bonds is 5. The molecule has 31 heavy (non-hydrogen) atoms. The van der Waals surface area contributed by atoms with Gasteiger partial charge in [-0.3, -0.25) is 14.5 Å². The standard InChI is InChI=1S/C21H20N4O5S/c1-14(22-20-16-9-5-6-10-18(16)31(28,29)24-20)21(27)30-13-19(26)25-12-11-17(23-25)15-7-3-2-4-8-15/h2-10,14H,11-13H2,1H3,(H,22,24). The predicted molar refractivity (Wildman–Crippen MR) is 113 cm³/mol. The lowest BCUT2D eigenvalue weighted by Gasteiger charge is -2.13. The summed E-state index contributed by atoms with van der Waals surface area (Å²) in [6.07, 6.45) is 0.618. The molecule has 0 fully saturated rings. The van der Waals surface area contributed by atoms with Crippen molar-refractivity contribution in [2.24, 2.45) is 10.1 Å². The highest BCUT2D eigenvalue weighted by Crippen LogP contribution is 2.22. The Balaban J connectivity index is 1.37. The summed E-state index contributed by atoms with van der Waals surface area (Å²) >= 11 is 0. The first-order chi connectivity index (χ1) is 14.8. The summed E-state index contributed by atoms with van der Waals surface area (Å²) in [7, 11) is -3.70. The van der Waals surface area contributed by atoms with Crippen molar-refractivity contribution in [3.05, 3.63) is 65.7 Å². The molecule has 0 saturated heterocycles. The number of ether oxygens (including phenoxy) is 1. The molecule has 1 unspecified atom stereocenters. The van der Waals surface area contributed by atoms with Crippen LogP contribution in [0.25, 0.3) is 0 Å². The van der Waals surface area contributed by atoms with Crippen LogP contribution in [0.5, 0.6) is 0 Å². The van der Waals surface area contributed by atoms with Crippen LogP contribution >= 0.6 is 0 Å². The fourth-order valence-electron chi connectivity index (χ4n) is 3.27. The number of nitrogens with one attached hydrogen (secondary N) is 1. The van der Waals surface area contributed by atoms with E-state index >= 15 is 0 Å². The fraction of sp³-hybridized carbons (Fsp3) is 0.238. The van der Waals surface area contributed by atoms with Crippen LogP contribution in [0.4, 0.5) is 0 Å². The molecule has 160 valence electrons. The van der Waals surface area contributed by atoms with Crippen molar-refractivity contribution in [2.45, 2.75) is 24.3 Å². The Morgan fingerprint density at radius 2 is 1.87 bits per heavy atom. The Morgan fingerprint density at radius 3 is 2.65 bits per heavy atom. The first kappa shape index (κ1) is 20.7. The molecule has 2 aromatic rings. The van der Waals surface area contributed by atoms with Gasteiger partial charge in [-0.25, -0.2) is 18.2 Å². The minimum atomic E-state index is -3.70. The Hall–Kier alpha value is -3.53. The van der Waals surface area contributed by atoms with E-state index in [1.54, 1.807) is 18.2 Å². The molecule has 0 spiro atoms. The van der Waals surface area contributed by atoms with Crippen LogP contribution in [0.2, 0.25) is 0 Å². The van der Waals surface area contributed by atoms with Gasteiger partial charge in [0.25, 0.3) is 15.9 Å². The number of aliphatic imine (C=N–C) groups is 1. The third-order valence-corrected chi connectivity index (χ3v) is 6.26. The Morgan fingerprint density at radius 1 is 1.16 bits per heavy atom. The van der Waals surface area contributed by atoms with Crippen LogP contribution in [0.3, 0.4) is 0 Å². The third kappa shape index (κ3) is 4.33. The number of fused-ring (bicyclic) bond motifs is 1. The monoisotopic (exact) mass is 440 g/mol. The first-order valence-corrected chi connectivity index (χ1v) is 11.1. The van der Waals surface area contributed by atoms with Crippen molar-refractivity contribution in [2.75, 3.05) is 13.2 Å². The van der Waals surface area contributed by atoms with E-state index in [1.165, 1.54) is 18.0 Å². The number of amidine groups is 1. The summed E-state index contributed by atoms with van der Waals surface area (Å²) in [5, 5.41) is 5.60. The Bertz CT molecular complexity index is 1190. The molecule has 2 heterocycles. The van der Waals surface area contributed by atoms with Crippen LogP contribution in [-0.2, 0) is 24.3 Å². The minimum Gasteiger partial charge on any atom is -0.454 e. The highest BCUT2D eigenvalue weighted by molar-refractivity contribution is 7.90. The zero-order valence-electron chi connectivity index (χ0n) is 16.7. The zero-order valence-corrected chi connectivity index (χ0v) is 17.5. The first-order valence-electron chi connectivity index (χ1n) is 9.65. The summed E-state index contributed by atoms with van der Waals surface area (Å²) in [6.45, 7) is 1.41. The highest BCUT2D eigenvalue weighted by atomic mass is 32.2. The van der Waals surface area contributed by atoms with Crippen LogP contribution in [0.15, 0.2) is 69.6 Å². The summed E-state index contributed by atoms with van der Waals surface area (Å²) in [5.41, 5.74) is 2.13. The SMILES string of the molecule is CC(N=C1NS(=O)(=O)c2ccccc21)C(=O)OCC(=O)N1CCC(c2ccccc2)=N1. The number of hydrogen-bond donors (Lipinski definition) is 1. The molecule has 10 heteroatoms. The number of benzene rings is 2. The van der Waals surface area contributed by atoms with Crippen LogP contribution in [0, 0.1) is 0 Å². The van der Waals surface area contributed by atoms with Crippen LogP contribution in [0.1, 0.15) is 24.5 Å². The van der Waals surface area contributed by atoms with Crippen molar-refractivity contribution < 1.29 is 22.7 Å². The number of esters is 1. The van der Waals surface area contributed by atoms with Gasteiger partial charge in [0.05, 0.1) is 17.2 Å². The summed E-state index contributed by atoms with van der Waals surface area (Å²) in [4.78, 5) is 28.9. The molecule has 2 aliphatic rings. The topological polar surface area (TPSA) is 118 Å². The average molecular weight is 440 g/mol. The maximum absolute atomic E-state index is 12.4. The van der Waals surface area contributed by atoms with E-state index in [1.807, 2.05) is 30.3 Å². The van der Waals surface area contributed by atoms with Crippen molar-refractivity contribution in [3.63, 3.8) is 0 Å². The predicted octanol–water partition coefficient (Wildman–Crippen LogP) is 1.29. The van der Waals surface area contributed by atoms with Gasteiger partial charge in [0.15, 0.2) is 6.61 Å². The largest absolute Gasteiger partial charge is 0.454 e. The maximum Gasteiger partial charge on any atom is 0.331 e. The number of hydrogen-bond acceptors (Lipinski definition) is 7. The van der Waals surface area contributed by atoms with Gasteiger partial charge in [0.1, 0.15) is 11.9 Å². The van der Waals surface area contributed by atoms with E-state index in [0.29, 0.717) is 18.5 Å². The smallest absolute Gasteiger partial charge is 0.331 e. The minimum absolute atomic E-state index is 0.0722. The van der Waals surface area contributed by atoms with E-state index in [9.17, 15) is 18.0 Å². The van der Waals surface area contributed by atoms with Gasteiger partial charge in [0, 0.05) is 12.0 Å². The number of nitrogens with zero attached hydrogens (tertiary/aromatic N) is 3. The normalized spacial score (nSPS) is 18.8. The van der Waals surface area contributed by atoms with E-state index < -0.39 is 34.5 Å². The van der Waals surface area contributed by atoms with Crippen molar-refractivity contribution in [1.82, 2.24) is 9.73 Å². The van der Waals surface area contributed by atoms with Gasteiger partial charge in [0.2, 0.25) is 0 Å². The molecule has 1 N–H and O–H groups in total. The number of amides is 1. The number of hydrazone groups is 1. The Labute approximate surface area is 179 Å². The van der Waals surface area contributed by atoms with E-state index in [-0.39, 0.29) is 10.7 Å². The summed E-state index contributed by atoms with van der Waals surface area (Å²) < 4.78 is 31.7. The van der Waals surface area contributed by atoms with E-state index in [2.05, 4.69) is 14.8 Å². The van der Waals surface area contributed by atoms with Crippen molar-refractivity contribution >= 4 is 33.4 Å². The molecular weight excluding hydrogens is 420 g/mol. The summed E-state index contributed by atoms with van der Waals surface area (Å²) in [6, 6.07) is 14.9. The molecule has 0 aromatic heterocycles.